The van der Waals surface area contributed by atoms with E-state index < -0.39 is 0 Å². The maximum absolute atomic E-state index is 9.72. The topological polar surface area (TPSA) is 55.7 Å². The molecule has 0 radical (unpaired) electrons. The normalized spacial score (nSPS) is 18.1. The molecule has 0 saturated carbocycles. The molecule has 2 aromatic rings. The zero-order chi connectivity index (χ0) is 17.6. The van der Waals surface area contributed by atoms with Crippen LogP contribution in [0.25, 0.3) is 0 Å². The van der Waals surface area contributed by atoms with E-state index in [-0.39, 0.29) is 24.8 Å². The number of aliphatic hydroxyl groups is 2. The Morgan fingerprint density at radius 1 is 1.00 bits per heavy atom. The van der Waals surface area contributed by atoms with Crippen LogP contribution in [-0.4, -0.2) is 36.0 Å². The first-order valence-corrected chi connectivity index (χ1v) is 9.12. The van der Waals surface area contributed by atoms with Crippen molar-refractivity contribution in [3.8, 4) is 0 Å². The molecule has 3 N–H and O–H groups in total. The van der Waals surface area contributed by atoms with E-state index in [9.17, 15) is 10.2 Å². The number of hydrogen-bond acceptors (Lipinski definition) is 4. The number of nitrogens with one attached hydrogen (secondary N) is 1. The molecule has 4 heteroatoms. The Bertz CT molecular complexity index is 637. The second-order valence-corrected chi connectivity index (χ2v) is 6.84. The fourth-order valence-corrected chi connectivity index (χ4v) is 3.44. The van der Waals surface area contributed by atoms with Gasteiger partial charge in [-0.05, 0) is 43.0 Å². The van der Waals surface area contributed by atoms with Crippen molar-refractivity contribution in [2.24, 2.45) is 0 Å². The van der Waals surface area contributed by atoms with Gasteiger partial charge in [0.15, 0.2) is 0 Å². The molecule has 0 bridgehead atoms. The minimum atomic E-state index is -0.145. The summed E-state index contributed by atoms with van der Waals surface area (Å²) in [7, 11) is 0. The Morgan fingerprint density at radius 3 is 2.24 bits per heavy atom. The first-order valence-electron chi connectivity index (χ1n) is 9.12. The summed E-state index contributed by atoms with van der Waals surface area (Å²) in [5, 5.41) is 22.9. The molecule has 2 unspecified atom stereocenters. The summed E-state index contributed by atoms with van der Waals surface area (Å²) in [4.78, 5) is 2.33. The minimum absolute atomic E-state index is 0.0699. The van der Waals surface area contributed by atoms with Crippen LogP contribution in [0.2, 0.25) is 0 Å². The highest BCUT2D eigenvalue weighted by molar-refractivity contribution is 5.48. The van der Waals surface area contributed by atoms with Crippen LogP contribution >= 0.6 is 0 Å². The summed E-state index contributed by atoms with van der Waals surface area (Å²) in [6.45, 7) is 4.02. The van der Waals surface area contributed by atoms with Gasteiger partial charge < -0.3 is 20.4 Å². The lowest BCUT2D eigenvalue weighted by Crippen LogP contribution is -2.35. The van der Waals surface area contributed by atoms with Crippen LogP contribution in [0.3, 0.4) is 0 Å². The van der Waals surface area contributed by atoms with Crippen molar-refractivity contribution >= 4 is 5.69 Å². The molecule has 0 amide bonds. The van der Waals surface area contributed by atoms with E-state index in [1.165, 1.54) is 11.3 Å². The molecular weight excluding hydrogens is 312 g/mol. The molecule has 1 aliphatic heterocycles. The summed E-state index contributed by atoms with van der Waals surface area (Å²) in [5.74, 6) is 0. The lowest BCUT2D eigenvalue weighted by molar-refractivity contribution is 0.145. The van der Waals surface area contributed by atoms with E-state index in [1.54, 1.807) is 0 Å². The summed E-state index contributed by atoms with van der Waals surface area (Å²) in [6, 6.07) is 18.7. The molecule has 0 aromatic heterocycles. The van der Waals surface area contributed by atoms with Crippen LogP contribution < -0.4 is 10.2 Å². The summed E-state index contributed by atoms with van der Waals surface area (Å²) >= 11 is 0. The summed E-state index contributed by atoms with van der Waals surface area (Å²) in [5.41, 5.74) is 3.51. The van der Waals surface area contributed by atoms with Crippen LogP contribution in [0, 0.1) is 0 Å². The molecule has 3 rings (SSSR count). The number of anilines is 1. The number of piperidine rings is 1. The molecule has 1 heterocycles. The van der Waals surface area contributed by atoms with Crippen molar-refractivity contribution in [1.29, 1.82) is 0 Å². The molecule has 1 aliphatic rings. The van der Waals surface area contributed by atoms with E-state index in [2.05, 4.69) is 41.4 Å². The van der Waals surface area contributed by atoms with Gasteiger partial charge >= 0.3 is 0 Å². The van der Waals surface area contributed by atoms with Gasteiger partial charge in [-0.15, -0.1) is 0 Å². The lowest BCUT2D eigenvalue weighted by atomic mass is 10.0. The Kier molecular flexibility index (Phi) is 6.08. The highest BCUT2D eigenvalue weighted by Gasteiger charge is 2.18. The minimum Gasteiger partial charge on any atom is -0.394 e. The molecule has 4 nitrogen and oxygen atoms in total. The third kappa shape index (κ3) is 4.60. The Hall–Kier alpha value is -1.88. The van der Waals surface area contributed by atoms with E-state index in [0.29, 0.717) is 0 Å². The number of benzene rings is 2. The molecule has 2 atom stereocenters. The van der Waals surface area contributed by atoms with Gasteiger partial charge in [0.1, 0.15) is 0 Å². The maximum atomic E-state index is 9.72. The zero-order valence-corrected chi connectivity index (χ0v) is 14.8. The molecule has 0 spiro atoms. The fraction of sp³-hybridized carbons (Fsp3) is 0.429. The lowest BCUT2D eigenvalue weighted by Gasteiger charge is -2.31. The van der Waals surface area contributed by atoms with Crippen LogP contribution in [0.15, 0.2) is 54.6 Å². The van der Waals surface area contributed by atoms with Crippen LogP contribution in [0.4, 0.5) is 5.69 Å². The highest BCUT2D eigenvalue weighted by atomic mass is 16.3. The number of hydrogen-bond donors (Lipinski definition) is 3. The SMILES string of the molecule is CC(NC(CO)c1ccccc1)c1ccc(N2CCC(O)CC2)cc1. The largest absolute Gasteiger partial charge is 0.394 e. The van der Waals surface area contributed by atoms with Crippen LogP contribution in [-0.2, 0) is 0 Å². The molecule has 0 aliphatic carbocycles. The quantitative estimate of drug-likeness (QED) is 0.757. The predicted octanol–water partition coefficient (Wildman–Crippen LogP) is 3.03. The number of nitrogens with zero attached hydrogens (tertiary/aromatic N) is 1. The van der Waals surface area contributed by atoms with Gasteiger partial charge in [0, 0.05) is 24.8 Å². The Morgan fingerprint density at radius 2 is 1.64 bits per heavy atom. The Labute approximate surface area is 150 Å². The third-order valence-corrected chi connectivity index (χ3v) is 5.06. The van der Waals surface area contributed by atoms with E-state index >= 15 is 0 Å². The molecule has 134 valence electrons. The third-order valence-electron chi connectivity index (χ3n) is 5.06. The van der Waals surface area contributed by atoms with Gasteiger partial charge in [0.25, 0.3) is 0 Å². The highest BCUT2D eigenvalue weighted by Crippen LogP contribution is 2.24. The molecule has 1 fully saturated rings. The monoisotopic (exact) mass is 340 g/mol. The number of rotatable bonds is 6. The zero-order valence-electron chi connectivity index (χ0n) is 14.8. The average Bonchev–Trinajstić information content (AvgIpc) is 2.67. The molecule has 25 heavy (non-hydrogen) atoms. The smallest absolute Gasteiger partial charge is 0.0626 e. The summed E-state index contributed by atoms with van der Waals surface area (Å²) < 4.78 is 0. The van der Waals surface area contributed by atoms with Gasteiger partial charge in [-0.1, -0.05) is 42.5 Å². The average molecular weight is 340 g/mol. The van der Waals surface area contributed by atoms with Gasteiger partial charge in [0.05, 0.1) is 18.8 Å². The fourth-order valence-electron chi connectivity index (χ4n) is 3.44. The molecule has 1 saturated heterocycles. The van der Waals surface area contributed by atoms with Crippen LogP contribution in [0.5, 0.6) is 0 Å². The molecular formula is C21H28N2O2. The second-order valence-electron chi connectivity index (χ2n) is 6.84. The second kappa shape index (κ2) is 8.48. The maximum Gasteiger partial charge on any atom is 0.0626 e. The Balaban J connectivity index is 1.63. The predicted molar refractivity (Wildman–Crippen MR) is 102 cm³/mol. The van der Waals surface area contributed by atoms with Crippen molar-refractivity contribution in [3.05, 3.63) is 65.7 Å². The van der Waals surface area contributed by atoms with Gasteiger partial charge in [-0.2, -0.15) is 0 Å². The molecule has 2 aromatic carbocycles. The first-order chi connectivity index (χ1) is 12.2. The first kappa shape index (κ1) is 17.9. The van der Waals surface area contributed by atoms with Gasteiger partial charge in [-0.3, -0.25) is 0 Å². The van der Waals surface area contributed by atoms with Crippen molar-refractivity contribution in [1.82, 2.24) is 5.32 Å². The van der Waals surface area contributed by atoms with E-state index in [4.69, 9.17) is 0 Å². The van der Waals surface area contributed by atoms with E-state index in [0.717, 1.165) is 31.5 Å². The van der Waals surface area contributed by atoms with Crippen LogP contribution in [0.1, 0.15) is 43.0 Å². The van der Waals surface area contributed by atoms with Crippen molar-refractivity contribution < 1.29 is 10.2 Å². The van der Waals surface area contributed by atoms with Gasteiger partial charge in [-0.25, -0.2) is 0 Å². The van der Waals surface area contributed by atoms with Crippen molar-refractivity contribution in [2.45, 2.75) is 38.0 Å². The van der Waals surface area contributed by atoms with Crippen molar-refractivity contribution in [2.75, 3.05) is 24.6 Å². The van der Waals surface area contributed by atoms with E-state index in [1.807, 2.05) is 30.3 Å². The van der Waals surface area contributed by atoms with Crippen molar-refractivity contribution in [3.63, 3.8) is 0 Å². The standard InChI is InChI=1S/C21H28N2O2/c1-16(22-21(15-24)18-5-3-2-4-6-18)17-7-9-19(10-8-17)23-13-11-20(25)12-14-23/h2-10,16,20-22,24-25H,11-15H2,1H3. The number of aliphatic hydroxyl groups excluding tert-OH is 2. The summed E-state index contributed by atoms with van der Waals surface area (Å²) in [6.07, 6.45) is 1.54. The van der Waals surface area contributed by atoms with Gasteiger partial charge in [0.2, 0.25) is 0 Å².